The summed E-state index contributed by atoms with van der Waals surface area (Å²) in [6.07, 6.45) is 4.11. The number of rotatable bonds is 3. The molecule has 0 radical (unpaired) electrons. The van der Waals surface area contributed by atoms with Crippen LogP contribution in [0.15, 0.2) is 0 Å². The van der Waals surface area contributed by atoms with E-state index in [2.05, 4.69) is 0 Å². The maximum absolute atomic E-state index is 6.18. The Morgan fingerprint density at radius 3 is 2.62 bits per heavy atom. The minimum absolute atomic E-state index is 0.427. The Bertz CT molecular complexity index is 184. The fraction of sp³-hybridized carbons (Fsp3) is 1.00. The van der Waals surface area contributed by atoms with Crippen LogP contribution in [0, 0.1) is 17.8 Å². The van der Waals surface area contributed by atoms with Crippen LogP contribution in [-0.2, 0) is 4.84 Å². The van der Waals surface area contributed by atoms with Crippen molar-refractivity contribution >= 4 is 0 Å². The van der Waals surface area contributed by atoms with Crippen molar-refractivity contribution in [2.24, 2.45) is 23.5 Å². The monoisotopic (exact) mass is 184 g/mol. The Balaban J connectivity index is 1.92. The Hall–Kier alpha value is -0.120. The predicted octanol–water partition coefficient (Wildman–Crippen LogP) is 0.853. The zero-order valence-corrected chi connectivity index (χ0v) is 8.57. The lowest BCUT2D eigenvalue weighted by Crippen LogP contribution is -2.41. The molecule has 13 heavy (non-hydrogen) atoms. The lowest BCUT2D eigenvalue weighted by molar-refractivity contribution is -0.122. The molecule has 4 atom stereocenters. The molecule has 2 fully saturated rings. The third-order valence-electron chi connectivity index (χ3n) is 3.94. The molecular formula is C10H20N2O. The maximum Gasteiger partial charge on any atom is 0.0575 e. The first-order valence-corrected chi connectivity index (χ1v) is 5.23. The molecule has 4 unspecified atom stereocenters. The van der Waals surface area contributed by atoms with Crippen LogP contribution >= 0.6 is 0 Å². The van der Waals surface area contributed by atoms with Gasteiger partial charge < -0.3 is 10.6 Å². The van der Waals surface area contributed by atoms with Crippen molar-refractivity contribution in [2.45, 2.75) is 25.3 Å². The smallest absolute Gasteiger partial charge is 0.0575 e. The van der Waals surface area contributed by atoms with Gasteiger partial charge in [-0.05, 0) is 37.0 Å². The lowest BCUT2D eigenvalue weighted by atomic mass is 9.85. The van der Waals surface area contributed by atoms with E-state index >= 15 is 0 Å². The van der Waals surface area contributed by atoms with Crippen molar-refractivity contribution in [3.05, 3.63) is 0 Å². The number of nitrogens with two attached hydrogens (primary N) is 1. The summed E-state index contributed by atoms with van der Waals surface area (Å²) in [6.45, 7) is 0.999. The number of nitrogens with zero attached hydrogens (tertiary/aromatic N) is 1. The normalized spacial score (nSPS) is 43.4. The van der Waals surface area contributed by atoms with E-state index < -0.39 is 0 Å². The summed E-state index contributed by atoms with van der Waals surface area (Å²) in [5.74, 6) is 2.35. The van der Waals surface area contributed by atoms with E-state index in [1.165, 1.54) is 19.3 Å². The zero-order chi connectivity index (χ0) is 9.42. The Morgan fingerprint density at radius 2 is 2.08 bits per heavy atom. The van der Waals surface area contributed by atoms with E-state index in [0.717, 1.165) is 18.4 Å². The summed E-state index contributed by atoms with van der Waals surface area (Å²) in [5.41, 5.74) is 6.18. The summed E-state index contributed by atoms with van der Waals surface area (Å²) in [4.78, 5) is 5.15. The highest BCUT2D eigenvalue weighted by Gasteiger charge is 2.45. The maximum atomic E-state index is 6.18. The van der Waals surface area contributed by atoms with Crippen LogP contribution in [-0.4, -0.2) is 31.8 Å². The molecule has 2 saturated carbocycles. The highest BCUT2D eigenvalue weighted by molar-refractivity contribution is 4.99. The highest BCUT2D eigenvalue weighted by atomic mass is 16.7. The molecule has 2 bridgehead atoms. The summed E-state index contributed by atoms with van der Waals surface area (Å²) in [7, 11) is 3.71. The molecule has 0 heterocycles. The second-order valence-corrected chi connectivity index (χ2v) is 4.57. The molecule has 0 aromatic rings. The van der Waals surface area contributed by atoms with Crippen LogP contribution in [0.3, 0.4) is 0 Å². The zero-order valence-electron chi connectivity index (χ0n) is 8.57. The summed E-state index contributed by atoms with van der Waals surface area (Å²) < 4.78 is 0. The van der Waals surface area contributed by atoms with Crippen molar-refractivity contribution < 1.29 is 4.84 Å². The quantitative estimate of drug-likeness (QED) is 0.661. The van der Waals surface area contributed by atoms with Crippen LogP contribution < -0.4 is 5.73 Å². The van der Waals surface area contributed by atoms with E-state index in [4.69, 9.17) is 10.6 Å². The molecule has 0 spiro atoms. The molecule has 2 aliphatic carbocycles. The lowest BCUT2D eigenvalue weighted by Gasteiger charge is -2.30. The molecule has 0 aliphatic heterocycles. The van der Waals surface area contributed by atoms with Crippen molar-refractivity contribution in [1.82, 2.24) is 5.06 Å². The van der Waals surface area contributed by atoms with Gasteiger partial charge in [0.2, 0.25) is 0 Å². The van der Waals surface area contributed by atoms with Crippen molar-refractivity contribution in [1.29, 1.82) is 0 Å². The van der Waals surface area contributed by atoms with Gasteiger partial charge >= 0.3 is 0 Å². The third kappa shape index (κ3) is 1.60. The van der Waals surface area contributed by atoms with E-state index in [0.29, 0.717) is 12.0 Å². The second-order valence-electron chi connectivity index (χ2n) is 4.57. The van der Waals surface area contributed by atoms with Gasteiger partial charge in [0.05, 0.1) is 7.11 Å². The van der Waals surface area contributed by atoms with Gasteiger partial charge in [-0.15, -0.1) is 0 Å². The van der Waals surface area contributed by atoms with Crippen molar-refractivity contribution in [3.63, 3.8) is 0 Å². The van der Waals surface area contributed by atoms with Crippen molar-refractivity contribution in [2.75, 3.05) is 20.7 Å². The molecule has 2 aliphatic rings. The minimum atomic E-state index is 0.427. The van der Waals surface area contributed by atoms with Gasteiger partial charge in [-0.3, -0.25) is 0 Å². The van der Waals surface area contributed by atoms with Gasteiger partial charge in [0, 0.05) is 19.6 Å². The van der Waals surface area contributed by atoms with Crippen molar-refractivity contribution in [3.8, 4) is 0 Å². The molecule has 2 rings (SSSR count). The molecule has 76 valence electrons. The minimum Gasteiger partial charge on any atom is -0.327 e. The van der Waals surface area contributed by atoms with Gasteiger partial charge in [-0.25, -0.2) is 0 Å². The summed E-state index contributed by atoms with van der Waals surface area (Å²) >= 11 is 0. The van der Waals surface area contributed by atoms with Gasteiger partial charge in [0.25, 0.3) is 0 Å². The average molecular weight is 184 g/mol. The summed E-state index contributed by atoms with van der Waals surface area (Å²) in [6, 6.07) is 0.427. The molecule has 3 nitrogen and oxygen atoms in total. The largest absolute Gasteiger partial charge is 0.327 e. The molecule has 0 saturated heterocycles. The van der Waals surface area contributed by atoms with Crippen LogP contribution in [0.1, 0.15) is 19.3 Å². The number of hydroxylamine groups is 2. The first-order valence-electron chi connectivity index (χ1n) is 5.23. The number of hydrogen-bond acceptors (Lipinski definition) is 3. The number of fused-ring (bicyclic) bond motifs is 2. The molecule has 0 amide bonds. The topological polar surface area (TPSA) is 38.5 Å². The molecular weight excluding hydrogens is 164 g/mol. The average Bonchev–Trinajstić information content (AvgIpc) is 2.69. The predicted molar refractivity (Wildman–Crippen MR) is 51.9 cm³/mol. The van der Waals surface area contributed by atoms with Gasteiger partial charge in [-0.1, -0.05) is 0 Å². The first-order chi connectivity index (χ1) is 6.22. The van der Waals surface area contributed by atoms with E-state index in [1.54, 1.807) is 7.11 Å². The fourth-order valence-electron chi connectivity index (χ4n) is 3.10. The van der Waals surface area contributed by atoms with E-state index in [9.17, 15) is 0 Å². The van der Waals surface area contributed by atoms with E-state index in [-0.39, 0.29) is 0 Å². The Kier molecular flexibility index (Phi) is 2.58. The first kappa shape index (κ1) is 9.44. The molecule has 0 aromatic carbocycles. The van der Waals surface area contributed by atoms with Gasteiger partial charge in [0.1, 0.15) is 0 Å². The van der Waals surface area contributed by atoms with Crippen LogP contribution in [0.5, 0.6) is 0 Å². The van der Waals surface area contributed by atoms with Crippen LogP contribution in [0.2, 0.25) is 0 Å². The fourth-order valence-corrected chi connectivity index (χ4v) is 3.10. The van der Waals surface area contributed by atoms with Crippen LogP contribution in [0.4, 0.5) is 0 Å². The van der Waals surface area contributed by atoms with Crippen LogP contribution in [0.25, 0.3) is 0 Å². The van der Waals surface area contributed by atoms with E-state index in [1.807, 2.05) is 12.1 Å². The Labute approximate surface area is 80.2 Å². The third-order valence-corrected chi connectivity index (χ3v) is 3.94. The molecule has 3 heteroatoms. The van der Waals surface area contributed by atoms with Gasteiger partial charge in [-0.2, -0.15) is 5.06 Å². The molecule has 2 N–H and O–H groups in total. The Morgan fingerprint density at radius 1 is 1.38 bits per heavy atom. The second kappa shape index (κ2) is 3.56. The highest BCUT2D eigenvalue weighted by Crippen LogP contribution is 2.47. The SMILES string of the molecule is CON(C)CC1C2CCC(C2)C1N. The standard InChI is InChI=1S/C10H20N2O/c1-12(13-2)6-9-7-3-4-8(5-7)10(9)11/h7-10H,3-6,11H2,1-2H3. The number of hydrogen-bond donors (Lipinski definition) is 1. The van der Waals surface area contributed by atoms with Gasteiger partial charge in [0.15, 0.2) is 0 Å². The summed E-state index contributed by atoms with van der Waals surface area (Å²) in [5, 5.41) is 1.91. The molecule has 0 aromatic heterocycles.